The van der Waals surface area contributed by atoms with Crippen molar-refractivity contribution in [1.29, 1.82) is 0 Å². The molecule has 0 radical (unpaired) electrons. The van der Waals surface area contributed by atoms with Crippen LogP contribution in [-0.2, 0) is 9.84 Å². The molecule has 21 heavy (non-hydrogen) atoms. The molecule has 1 amide bonds. The summed E-state index contributed by atoms with van der Waals surface area (Å²) in [5, 5.41) is 2.86. The quantitative estimate of drug-likeness (QED) is 0.899. The number of carbonyl (C=O) groups is 1. The molecule has 1 aromatic rings. The highest BCUT2D eigenvalue weighted by molar-refractivity contribution is 7.91. The molecule has 2 heterocycles. The highest BCUT2D eigenvalue weighted by Gasteiger charge is 2.24. The first-order valence-corrected chi connectivity index (χ1v) is 8.74. The summed E-state index contributed by atoms with van der Waals surface area (Å²) in [7, 11) is -2.86. The van der Waals surface area contributed by atoms with Crippen LogP contribution in [0.2, 0.25) is 0 Å². The van der Waals surface area contributed by atoms with E-state index in [0.717, 1.165) is 0 Å². The fourth-order valence-electron chi connectivity index (χ4n) is 2.52. The van der Waals surface area contributed by atoms with Gasteiger partial charge in [-0.2, -0.15) is 0 Å². The number of carbonyl (C=O) groups excluding carboxylic acids is 1. The number of hydrogen-bond donors (Lipinski definition) is 1. The van der Waals surface area contributed by atoms with E-state index >= 15 is 0 Å². The normalized spacial score (nSPS) is 20.2. The Bertz CT molecular complexity index is 641. The van der Waals surface area contributed by atoms with Gasteiger partial charge in [0.25, 0.3) is 5.91 Å². The third-order valence-electron chi connectivity index (χ3n) is 3.86. The molecule has 1 fully saturated rings. The summed E-state index contributed by atoms with van der Waals surface area (Å²) in [6.45, 7) is 0.680. The number of fused-ring (bicyclic) bond motifs is 1. The van der Waals surface area contributed by atoms with Gasteiger partial charge in [0.05, 0.1) is 11.5 Å². The Morgan fingerprint density at radius 1 is 1.19 bits per heavy atom. The van der Waals surface area contributed by atoms with Gasteiger partial charge in [-0.25, -0.2) is 8.42 Å². The van der Waals surface area contributed by atoms with Crippen LogP contribution in [0, 0.1) is 5.92 Å². The van der Waals surface area contributed by atoms with Crippen molar-refractivity contribution < 1.29 is 22.7 Å². The molecular weight excluding hydrogens is 294 g/mol. The van der Waals surface area contributed by atoms with Crippen LogP contribution in [0.4, 0.5) is 0 Å². The van der Waals surface area contributed by atoms with Crippen LogP contribution in [0.25, 0.3) is 0 Å². The van der Waals surface area contributed by atoms with Gasteiger partial charge in [-0.3, -0.25) is 4.79 Å². The van der Waals surface area contributed by atoms with Crippen molar-refractivity contribution in [2.24, 2.45) is 5.92 Å². The Morgan fingerprint density at radius 3 is 2.67 bits per heavy atom. The zero-order valence-corrected chi connectivity index (χ0v) is 12.3. The van der Waals surface area contributed by atoms with E-state index in [0.29, 0.717) is 36.4 Å². The molecule has 0 bridgehead atoms. The van der Waals surface area contributed by atoms with E-state index < -0.39 is 9.84 Å². The second-order valence-corrected chi connectivity index (χ2v) is 7.68. The molecule has 0 unspecified atom stereocenters. The van der Waals surface area contributed by atoms with Crippen molar-refractivity contribution in [3.05, 3.63) is 23.8 Å². The summed E-state index contributed by atoms with van der Waals surface area (Å²) in [5.41, 5.74) is 0.516. The zero-order valence-electron chi connectivity index (χ0n) is 11.5. The average molecular weight is 311 g/mol. The van der Waals surface area contributed by atoms with E-state index in [2.05, 4.69) is 5.32 Å². The monoisotopic (exact) mass is 311 g/mol. The minimum absolute atomic E-state index is 0.178. The standard InChI is InChI=1S/C14H17NO5S/c16-14(11-1-2-12-13(7-11)20-9-19-12)15-8-10-3-5-21(17,18)6-4-10/h1-2,7,10H,3-6,8-9H2,(H,15,16). The first-order valence-electron chi connectivity index (χ1n) is 6.92. The molecular formula is C14H17NO5S. The van der Waals surface area contributed by atoms with Crippen molar-refractivity contribution in [2.45, 2.75) is 12.8 Å². The van der Waals surface area contributed by atoms with Crippen molar-refractivity contribution >= 4 is 15.7 Å². The third-order valence-corrected chi connectivity index (χ3v) is 5.58. The van der Waals surface area contributed by atoms with Gasteiger partial charge in [-0.05, 0) is 37.0 Å². The predicted molar refractivity (Wildman–Crippen MR) is 76.3 cm³/mol. The first kappa shape index (κ1) is 14.2. The lowest BCUT2D eigenvalue weighted by Gasteiger charge is -2.22. The fourth-order valence-corrected chi connectivity index (χ4v) is 4.11. The van der Waals surface area contributed by atoms with Gasteiger partial charge < -0.3 is 14.8 Å². The molecule has 3 rings (SSSR count). The Labute approximate surface area is 123 Å². The smallest absolute Gasteiger partial charge is 0.251 e. The zero-order chi connectivity index (χ0) is 14.9. The third kappa shape index (κ3) is 3.29. The van der Waals surface area contributed by atoms with Crippen LogP contribution < -0.4 is 14.8 Å². The highest BCUT2D eigenvalue weighted by atomic mass is 32.2. The lowest BCUT2D eigenvalue weighted by molar-refractivity contribution is 0.0946. The van der Waals surface area contributed by atoms with E-state index in [1.54, 1.807) is 18.2 Å². The Balaban J connectivity index is 1.55. The molecule has 2 aliphatic rings. The van der Waals surface area contributed by atoms with Crippen LogP contribution in [0.15, 0.2) is 18.2 Å². The van der Waals surface area contributed by atoms with Crippen molar-refractivity contribution in [3.63, 3.8) is 0 Å². The molecule has 0 spiro atoms. The fraction of sp³-hybridized carbons (Fsp3) is 0.500. The minimum Gasteiger partial charge on any atom is -0.454 e. The molecule has 1 N–H and O–H groups in total. The van der Waals surface area contributed by atoms with Gasteiger partial charge in [-0.15, -0.1) is 0 Å². The summed E-state index contributed by atoms with van der Waals surface area (Å²) in [6.07, 6.45) is 1.23. The SMILES string of the molecule is O=C(NCC1CCS(=O)(=O)CC1)c1ccc2c(c1)OCO2. The van der Waals surface area contributed by atoms with Crippen LogP contribution in [-0.4, -0.2) is 39.2 Å². The van der Waals surface area contributed by atoms with Crippen LogP contribution in [0.5, 0.6) is 11.5 Å². The molecule has 6 nitrogen and oxygen atoms in total. The van der Waals surface area contributed by atoms with Crippen LogP contribution in [0.3, 0.4) is 0 Å². The van der Waals surface area contributed by atoms with E-state index in [1.165, 1.54) is 0 Å². The minimum atomic E-state index is -2.86. The van der Waals surface area contributed by atoms with Gasteiger partial charge in [-0.1, -0.05) is 0 Å². The number of benzene rings is 1. The van der Waals surface area contributed by atoms with Gasteiger partial charge in [0.15, 0.2) is 11.5 Å². The highest BCUT2D eigenvalue weighted by Crippen LogP contribution is 2.32. The maximum absolute atomic E-state index is 12.1. The molecule has 1 aromatic carbocycles. The number of sulfone groups is 1. The molecule has 0 aliphatic carbocycles. The summed E-state index contributed by atoms with van der Waals surface area (Å²) < 4.78 is 33.1. The predicted octanol–water partition coefficient (Wildman–Crippen LogP) is 0.970. The van der Waals surface area contributed by atoms with Gasteiger partial charge in [0.2, 0.25) is 6.79 Å². The molecule has 1 saturated heterocycles. The van der Waals surface area contributed by atoms with E-state index in [4.69, 9.17) is 9.47 Å². The molecule has 0 atom stereocenters. The summed E-state index contributed by atoms with van der Waals surface area (Å²) >= 11 is 0. The average Bonchev–Trinajstić information content (AvgIpc) is 2.93. The Morgan fingerprint density at radius 2 is 1.90 bits per heavy atom. The van der Waals surface area contributed by atoms with E-state index in [1.807, 2.05) is 0 Å². The van der Waals surface area contributed by atoms with E-state index in [9.17, 15) is 13.2 Å². The summed E-state index contributed by atoms with van der Waals surface area (Å²) in [6, 6.07) is 5.06. The van der Waals surface area contributed by atoms with Gasteiger partial charge in [0.1, 0.15) is 9.84 Å². The van der Waals surface area contributed by atoms with Crippen molar-refractivity contribution in [1.82, 2.24) is 5.32 Å². The maximum Gasteiger partial charge on any atom is 0.251 e. The number of ether oxygens (including phenoxy) is 2. The Hall–Kier alpha value is -1.76. The lowest BCUT2D eigenvalue weighted by atomic mass is 10.0. The summed E-state index contributed by atoms with van der Waals surface area (Å²) in [4.78, 5) is 12.1. The number of rotatable bonds is 3. The molecule has 0 aromatic heterocycles. The number of amides is 1. The molecule has 2 aliphatic heterocycles. The van der Waals surface area contributed by atoms with Crippen LogP contribution in [0.1, 0.15) is 23.2 Å². The maximum atomic E-state index is 12.1. The first-order chi connectivity index (χ1) is 10.0. The van der Waals surface area contributed by atoms with E-state index in [-0.39, 0.29) is 30.1 Å². The van der Waals surface area contributed by atoms with Gasteiger partial charge >= 0.3 is 0 Å². The molecule has 114 valence electrons. The van der Waals surface area contributed by atoms with Crippen LogP contribution >= 0.6 is 0 Å². The van der Waals surface area contributed by atoms with Gasteiger partial charge in [0, 0.05) is 12.1 Å². The van der Waals surface area contributed by atoms with Crippen molar-refractivity contribution in [2.75, 3.05) is 24.8 Å². The summed E-state index contributed by atoms with van der Waals surface area (Å²) in [5.74, 6) is 1.71. The lowest BCUT2D eigenvalue weighted by Crippen LogP contribution is -2.34. The largest absolute Gasteiger partial charge is 0.454 e. The van der Waals surface area contributed by atoms with Crippen molar-refractivity contribution in [3.8, 4) is 11.5 Å². The number of hydrogen-bond acceptors (Lipinski definition) is 5. The molecule has 7 heteroatoms. The number of nitrogens with one attached hydrogen (secondary N) is 1. The Kier molecular flexibility index (Phi) is 3.75. The second kappa shape index (κ2) is 5.55. The molecule has 0 saturated carbocycles. The second-order valence-electron chi connectivity index (χ2n) is 5.37. The topological polar surface area (TPSA) is 81.7 Å².